The molecule has 136 valence electrons. The van der Waals surface area contributed by atoms with Gasteiger partial charge in [0.15, 0.2) is 0 Å². The van der Waals surface area contributed by atoms with Crippen LogP contribution in [0.2, 0.25) is 0 Å². The van der Waals surface area contributed by atoms with Crippen molar-refractivity contribution in [1.82, 2.24) is 20.6 Å². The van der Waals surface area contributed by atoms with E-state index in [4.69, 9.17) is 4.74 Å². The third-order valence-corrected chi connectivity index (χ3v) is 5.01. The largest absolute Gasteiger partial charge is 0.444 e. The first kappa shape index (κ1) is 17.6. The van der Waals surface area contributed by atoms with E-state index in [9.17, 15) is 9.59 Å². The summed E-state index contributed by atoms with van der Waals surface area (Å²) in [6, 6.07) is 0. The molecule has 1 aromatic rings. The molecule has 2 bridgehead atoms. The number of carbonyl (C=O) groups excluding carboxylic acids is 2. The van der Waals surface area contributed by atoms with Crippen LogP contribution >= 0.6 is 0 Å². The van der Waals surface area contributed by atoms with E-state index < -0.39 is 5.60 Å². The van der Waals surface area contributed by atoms with Crippen molar-refractivity contribution in [2.45, 2.75) is 76.0 Å². The van der Waals surface area contributed by atoms with Crippen LogP contribution in [0.1, 0.15) is 69.8 Å². The summed E-state index contributed by atoms with van der Waals surface area (Å²) in [5.41, 5.74) is -0.788. The van der Waals surface area contributed by atoms with E-state index in [1.165, 1.54) is 12.4 Å². The van der Waals surface area contributed by atoms with E-state index in [1.54, 1.807) is 6.20 Å². The fourth-order valence-electron chi connectivity index (χ4n) is 4.07. The van der Waals surface area contributed by atoms with Crippen LogP contribution in [0.25, 0.3) is 0 Å². The van der Waals surface area contributed by atoms with Crippen molar-refractivity contribution in [3.63, 3.8) is 0 Å². The number of nitrogens with one attached hydrogen (secondary N) is 2. The van der Waals surface area contributed by atoms with E-state index in [2.05, 4.69) is 20.6 Å². The summed E-state index contributed by atoms with van der Waals surface area (Å²) < 4.78 is 5.41. The summed E-state index contributed by atoms with van der Waals surface area (Å²) >= 11 is 0. The molecule has 2 aliphatic rings. The lowest BCUT2D eigenvalue weighted by Gasteiger charge is -2.40. The van der Waals surface area contributed by atoms with Crippen molar-refractivity contribution < 1.29 is 14.3 Å². The first-order chi connectivity index (χ1) is 11.7. The Kier molecular flexibility index (Phi) is 4.43. The van der Waals surface area contributed by atoms with Gasteiger partial charge in [0.2, 0.25) is 0 Å². The highest BCUT2D eigenvalue weighted by molar-refractivity contribution is 5.92. The number of rotatable bonds is 3. The molecule has 2 saturated carbocycles. The number of carbonyl (C=O) groups is 2. The lowest BCUT2D eigenvalue weighted by atomic mass is 9.78. The molecule has 0 spiro atoms. The summed E-state index contributed by atoms with van der Waals surface area (Å²) in [5.74, 6) is -0.205. The fourth-order valence-corrected chi connectivity index (χ4v) is 4.07. The number of alkyl carbamates (subject to hydrolysis) is 1. The Morgan fingerprint density at radius 3 is 2.36 bits per heavy atom. The summed E-state index contributed by atoms with van der Waals surface area (Å²) in [4.78, 5) is 32.7. The Hall–Kier alpha value is -2.18. The van der Waals surface area contributed by atoms with Gasteiger partial charge < -0.3 is 15.4 Å². The highest BCUT2D eigenvalue weighted by Crippen LogP contribution is 2.48. The zero-order chi connectivity index (χ0) is 18.1. The molecule has 2 N–H and O–H groups in total. The van der Waals surface area contributed by atoms with E-state index in [0.717, 1.165) is 38.5 Å². The minimum Gasteiger partial charge on any atom is -0.444 e. The maximum absolute atomic E-state index is 12.5. The zero-order valence-electron chi connectivity index (χ0n) is 15.1. The molecule has 0 radical (unpaired) electrons. The van der Waals surface area contributed by atoms with Gasteiger partial charge in [0, 0.05) is 23.5 Å². The van der Waals surface area contributed by atoms with Crippen LogP contribution in [0.4, 0.5) is 4.79 Å². The Bertz CT molecular complexity index is 658. The lowest BCUT2D eigenvalue weighted by molar-refractivity contribution is 0.0428. The molecule has 3 rings (SSSR count). The molecular formula is C18H26N4O3. The van der Waals surface area contributed by atoms with Crippen molar-refractivity contribution in [1.29, 1.82) is 0 Å². The third-order valence-electron chi connectivity index (χ3n) is 5.01. The second-order valence-corrected chi connectivity index (χ2v) is 8.26. The van der Waals surface area contributed by atoms with Crippen LogP contribution in [-0.2, 0) is 4.74 Å². The zero-order valence-corrected chi connectivity index (χ0v) is 15.1. The SMILES string of the molecule is CC(C)(C)OC(=O)N[C@@]12CCC[C@@](NC(=O)c3cnccn3)(CC1)C2. The molecule has 2 fully saturated rings. The van der Waals surface area contributed by atoms with Crippen LogP contribution in [0, 0.1) is 0 Å². The minimum absolute atomic E-state index is 0.205. The van der Waals surface area contributed by atoms with Crippen molar-refractivity contribution in [3.8, 4) is 0 Å². The number of ether oxygens (including phenoxy) is 1. The topological polar surface area (TPSA) is 93.2 Å². The quantitative estimate of drug-likeness (QED) is 0.877. The van der Waals surface area contributed by atoms with Gasteiger partial charge in [-0.15, -0.1) is 0 Å². The number of aromatic nitrogens is 2. The van der Waals surface area contributed by atoms with Crippen LogP contribution in [-0.4, -0.2) is 38.6 Å². The van der Waals surface area contributed by atoms with Crippen LogP contribution in [0.5, 0.6) is 0 Å². The summed E-state index contributed by atoms with van der Waals surface area (Å²) in [7, 11) is 0. The van der Waals surface area contributed by atoms with Gasteiger partial charge in [0.25, 0.3) is 5.91 Å². The first-order valence-corrected chi connectivity index (χ1v) is 8.81. The highest BCUT2D eigenvalue weighted by atomic mass is 16.6. The molecule has 0 unspecified atom stereocenters. The smallest absolute Gasteiger partial charge is 0.408 e. The normalized spacial score (nSPS) is 28.3. The summed E-state index contributed by atoms with van der Waals surface area (Å²) in [6.45, 7) is 5.56. The van der Waals surface area contributed by atoms with Gasteiger partial charge in [-0.3, -0.25) is 9.78 Å². The van der Waals surface area contributed by atoms with Gasteiger partial charge in [-0.2, -0.15) is 0 Å². The second-order valence-electron chi connectivity index (χ2n) is 8.26. The molecule has 1 aromatic heterocycles. The van der Waals surface area contributed by atoms with Crippen molar-refractivity contribution in [2.24, 2.45) is 0 Å². The number of nitrogens with zero attached hydrogens (tertiary/aromatic N) is 2. The summed E-state index contributed by atoms with van der Waals surface area (Å²) in [6.07, 6.45) is 9.33. The van der Waals surface area contributed by atoms with Crippen LogP contribution in [0.3, 0.4) is 0 Å². The molecule has 25 heavy (non-hydrogen) atoms. The number of hydrogen-bond donors (Lipinski definition) is 2. The molecule has 7 heteroatoms. The monoisotopic (exact) mass is 346 g/mol. The predicted octanol–water partition coefficient (Wildman–Crippen LogP) is 2.58. The van der Waals surface area contributed by atoms with Gasteiger partial charge in [-0.05, 0) is 59.3 Å². The lowest BCUT2D eigenvalue weighted by Crippen LogP contribution is -2.55. The Balaban J connectivity index is 1.67. The molecular weight excluding hydrogens is 320 g/mol. The van der Waals surface area contributed by atoms with Gasteiger partial charge in [-0.25, -0.2) is 9.78 Å². The van der Waals surface area contributed by atoms with Gasteiger partial charge in [0.05, 0.1) is 6.20 Å². The molecule has 2 amide bonds. The van der Waals surface area contributed by atoms with Crippen molar-refractivity contribution in [2.75, 3.05) is 0 Å². The molecule has 0 aromatic carbocycles. The average molecular weight is 346 g/mol. The fraction of sp³-hybridized carbons (Fsp3) is 0.667. The highest BCUT2D eigenvalue weighted by Gasteiger charge is 2.52. The molecule has 2 atom stereocenters. The van der Waals surface area contributed by atoms with Gasteiger partial charge >= 0.3 is 6.09 Å². The number of fused-ring (bicyclic) bond motifs is 2. The van der Waals surface area contributed by atoms with Crippen molar-refractivity contribution in [3.05, 3.63) is 24.3 Å². The Morgan fingerprint density at radius 2 is 1.76 bits per heavy atom. The Labute approximate surface area is 148 Å². The molecule has 1 heterocycles. The van der Waals surface area contributed by atoms with E-state index >= 15 is 0 Å². The van der Waals surface area contributed by atoms with E-state index in [1.807, 2.05) is 20.8 Å². The first-order valence-electron chi connectivity index (χ1n) is 8.81. The minimum atomic E-state index is -0.523. The number of hydrogen-bond acceptors (Lipinski definition) is 5. The van der Waals surface area contributed by atoms with Crippen LogP contribution < -0.4 is 10.6 Å². The Morgan fingerprint density at radius 1 is 1.08 bits per heavy atom. The third kappa shape index (κ3) is 4.08. The standard InChI is InChI=1S/C18H26N4O3/c1-16(2,3)25-15(24)22-18-6-4-5-17(12-18,7-8-18)21-14(23)13-11-19-9-10-20-13/h9-11H,4-8,12H2,1-3H3,(H,21,23)(H,22,24)/t17-,18+/m1/s1. The van der Waals surface area contributed by atoms with Gasteiger partial charge in [0.1, 0.15) is 11.3 Å². The maximum atomic E-state index is 12.5. The molecule has 2 aliphatic carbocycles. The van der Waals surface area contributed by atoms with Gasteiger partial charge in [-0.1, -0.05) is 0 Å². The molecule has 7 nitrogen and oxygen atoms in total. The average Bonchev–Trinajstić information content (AvgIpc) is 2.76. The maximum Gasteiger partial charge on any atom is 0.408 e. The predicted molar refractivity (Wildman–Crippen MR) is 92.0 cm³/mol. The second kappa shape index (κ2) is 6.28. The van der Waals surface area contributed by atoms with E-state index in [-0.39, 0.29) is 23.1 Å². The number of amides is 2. The van der Waals surface area contributed by atoms with E-state index in [0.29, 0.717) is 5.69 Å². The van der Waals surface area contributed by atoms with Crippen molar-refractivity contribution >= 4 is 12.0 Å². The molecule has 0 saturated heterocycles. The van der Waals surface area contributed by atoms with Crippen LogP contribution in [0.15, 0.2) is 18.6 Å². The molecule has 0 aliphatic heterocycles. The summed E-state index contributed by atoms with van der Waals surface area (Å²) in [5, 5.41) is 6.23.